The van der Waals surface area contributed by atoms with Gasteiger partial charge in [0.15, 0.2) is 0 Å². The number of hydrogen-bond donors (Lipinski definition) is 1. The minimum atomic E-state index is -3.53. The van der Waals surface area contributed by atoms with Crippen molar-refractivity contribution < 1.29 is 8.42 Å². The van der Waals surface area contributed by atoms with Gasteiger partial charge in [-0.05, 0) is 15.9 Å². The van der Waals surface area contributed by atoms with Gasteiger partial charge in [-0.2, -0.15) is 0 Å². The lowest BCUT2D eigenvalue weighted by Gasteiger charge is -1.96. The lowest BCUT2D eigenvalue weighted by atomic mass is 10.6. The van der Waals surface area contributed by atoms with Gasteiger partial charge in [0.25, 0.3) is 0 Å². The summed E-state index contributed by atoms with van der Waals surface area (Å²) < 4.78 is 21.8. The van der Waals surface area contributed by atoms with Crippen molar-refractivity contribution in [2.45, 2.75) is 5.75 Å². The summed E-state index contributed by atoms with van der Waals surface area (Å²) in [5.74, 6) is -0.138. The summed E-state index contributed by atoms with van der Waals surface area (Å²) in [7, 11) is -3.53. The molecule has 0 aliphatic heterocycles. The maximum atomic E-state index is 10.6. The molecule has 1 rings (SSSR count). The van der Waals surface area contributed by atoms with Gasteiger partial charge in [0.1, 0.15) is 11.6 Å². The zero-order chi connectivity index (χ0) is 9.19. The Morgan fingerprint density at radius 1 is 1.42 bits per heavy atom. The molecule has 1 aromatic heterocycles. The Hall–Kier alpha value is -0.530. The number of nitrogens with zero attached hydrogens (tertiary/aromatic N) is 2. The van der Waals surface area contributed by atoms with Crippen LogP contribution in [0.1, 0.15) is 5.82 Å². The van der Waals surface area contributed by atoms with Gasteiger partial charge in [0.2, 0.25) is 10.0 Å². The van der Waals surface area contributed by atoms with Crippen LogP contribution in [0.15, 0.2) is 16.9 Å². The predicted octanol–water partition coefficient (Wildman–Crippen LogP) is 0.0276. The van der Waals surface area contributed by atoms with Crippen molar-refractivity contribution >= 4 is 26.0 Å². The molecule has 0 fully saturated rings. The molecule has 2 N–H and O–H groups in total. The molecule has 0 aliphatic rings. The van der Waals surface area contributed by atoms with Crippen LogP contribution in [0, 0.1) is 0 Å². The van der Waals surface area contributed by atoms with Crippen molar-refractivity contribution in [2.75, 3.05) is 0 Å². The standard InChI is InChI=1S/C5H6BrN3O2S/c6-4-1-8-5(9-2-4)3-12(7,10)11/h1-2H,3H2,(H2,7,10,11). The van der Waals surface area contributed by atoms with E-state index >= 15 is 0 Å². The third-order valence-electron chi connectivity index (χ3n) is 1.00. The van der Waals surface area contributed by atoms with Crippen LogP contribution in [-0.2, 0) is 15.8 Å². The molecular formula is C5H6BrN3O2S. The van der Waals surface area contributed by atoms with Crippen molar-refractivity contribution in [1.29, 1.82) is 0 Å². The van der Waals surface area contributed by atoms with Crippen LogP contribution in [0.25, 0.3) is 0 Å². The Bertz CT molecular complexity index is 361. The first-order valence-corrected chi connectivity index (χ1v) is 5.45. The summed E-state index contributed by atoms with van der Waals surface area (Å²) in [6.45, 7) is 0. The fraction of sp³-hybridized carbons (Fsp3) is 0.200. The predicted molar refractivity (Wildman–Crippen MR) is 46.5 cm³/mol. The molecule has 5 nitrogen and oxygen atoms in total. The molecule has 0 radical (unpaired) electrons. The number of hydrogen-bond acceptors (Lipinski definition) is 4. The lowest BCUT2D eigenvalue weighted by molar-refractivity contribution is 0.595. The normalized spacial score (nSPS) is 11.5. The second-order valence-corrected chi connectivity index (χ2v) is 4.65. The number of sulfonamides is 1. The van der Waals surface area contributed by atoms with Crippen LogP contribution in [0.2, 0.25) is 0 Å². The van der Waals surface area contributed by atoms with Gasteiger partial charge in [-0.1, -0.05) is 0 Å². The molecule has 12 heavy (non-hydrogen) atoms. The summed E-state index contributed by atoms with van der Waals surface area (Å²) in [5, 5.41) is 4.79. The van der Waals surface area contributed by atoms with Gasteiger partial charge in [0, 0.05) is 12.4 Å². The Kier molecular flexibility index (Phi) is 2.76. The molecule has 0 bridgehead atoms. The van der Waals surface area contributed by atoms with Crippen molar-refractivity contribution in [3.8, 4) is 0 Å². The van der Waals surface area contributed by atoms with E-state index < -0.39 is 10.0 Å². The quantitative estimate of drug-likeness (QED) is 0.804. The van der Waals surface area contributed by atoms with E-state index in [1.165, 1.54) is 12.4 Å². The molecule has 0 saturated carbocycles. The molecule has 1 aromatic rings. The molecule has 1 heterocycles. The highest BCUT2D eigenvalue weighted by Gasteiger charge is 2.06. The number of nitrogens with two attached hydrogens (primary N) is 1. The average molecular weight is 252 g/mol. The molecular weight excluding hydrogens is 246 g/mol. The summed E-state index contributed by atoms with van der Waals surface area (Å²) in [5.41, 5.74) is 0. The number of primary sulfonamides is 1. The maximum absolute atomic E-state index is 10.6. The van der Waals surface area contributed by atoms with Crippen molar-refractivity contribution in [2.24, 2.45) is 5.14 Å². The van der Waals surface area contributed by atoms with E-state index in [2.05, 4.69) is 25.9 Å². The Morgan fingerprint density at radius 3 is 2.33 bits per heavy atom. The molecule has 0 atom stereocenters. The number of rotatable bonds is 2. The fourth-order valence-corrected chi connectivity index (χ4v) is 1.31. The molecule has 0 aromatic carbocycles. The van der Waals surface area contributed by atoms with Gasteiger partial charge in [-0.25, -0.2) is 23.5 Å². The topological polar surface area (TPSA) is 85.9 Å². The van der Waals surface area contributed by atoms with Gasteiger partial charge in [-0.3, -0.25) is 0 Å². The third kappa shape index (κ3) is 3.24. The molecule has 66 valence electrons. The molecule has 0 aliphatic carbocycles. The van der Waals surface area contributed by atoms with E-state index in [9.17, 15) is 8.42 Å². The van der Waals surface area contributed by atoms with Crippen LogP contribution >= 0.6 is 15.9 Å². The highest BCUT2D eigenvalue weighted by atomic mass is 79.9. The first-order valence-electron chi connectivity index (χ1n) is 2.94. The minimum Gasteiger partial charge on any atom is -0.239 e. The maximum Gasteiger partial charge on any atom is 0.216 e. The summed E-state index contributed by atoms with van der Waals surface area (Å²) in [6, 6.07) is 0. The van der Waals surface area contributed by atoms with Crippen molar-refractivity contribution in [3.05, 3.63) is 22.7 Å². The van der Waals surface area contributed by atoms with E-state index in [4.69, 9.17) is 5.14 Å². The first-order chi connectivity index (χ1) is 5.47. The SMILES string of the molecule is NS(=O)(=O)Cc1ncc(Br)cn1. The van der Waals surface area contributed by atoms with E-state index in [1.54, 1.807) is 0 Å². The molecule has 0 spiro atoms. The highest BCUT2D eigenvalue weighted by molar-refractivity contribution is 9.10. The smallest absolute Gasteiger partial charge is 0.216 e. The first kappa shape index (κ1) is 9.56. The van der Waals surface area contributed by atoms with Crippen LogP contribution in [0.3, 0.4) is 0 Å². The second kappa shape index (κ2) is 3.46. The largest absolute Gasteiger partial charge is 0.239 e. The van der Waals surface area contributed by atoms with Crippen LogP contribution in [0.5, 0.6) is 0 Å². The Labute approximate surface area is 78.2 Å². The van der Waals surface area contributed by atoms with Gasteiger partial charge < -0.3 is 0 Å². The highest BCUT2D eigenvalue weighted by Crippen LogP contribution is 2.05. The number of halogens is 1. The van der Waals surface area contributed by atoms with Crippen molar-refractivity contribution in [3.63, 3.8) is 0 Å². The molecule has 0 saturated heterocycles. The van der Waals surface area contributed by atoms with E-state index in [0.29, 0.717) is 4.47 Å². The van der Waals surface area contributed by atoms with Crippen LogP contribution in [-0.4, -0.2) is 18.4 Å². The summed E-state index contributed by atoms with van der Waals surface area (Å²) >= 11 is 3.12. The third-order valence-corrected chi connectivity index (χ3v) is 2.07. The second-order valence-electron chi connectivity index (χ2n) is 2.12. The molecule has 0 amide bonds. The zero-order valence-electron chi connectivity index (χ0n) is 5.94. The molecule has 0 unspecified atom stereocenters. The van der Waals surface area contributed by atoms with Gasteiger partial charge >= 0.3 is 0 Å². The van der Waals surface area contributed by atoms with Crippen LogP contribution in [0.4, 0.5) is 0 Å². The summed E-state index contributed by atoms with van der Waals surface area (Å²) in [6.07, 6.45) is 2.93. The fourth-order valence-electron chi connectivity index (χ4n) is 0.593. The lowest BCUT2D eigenvalue weighted by Crippen LogP contribution is -2.16. The Morgan fingerprint density at radius 2 is 1.92 bits per heavy atom. The minimum absolute atomic E-state index is 0.195. The zero-order valence-corrected chi connectivity index (χ0v) is 8.34. The summed E-state index contributed by atoms with van der Waals surface area (Å²) in [4.78, 5) is 7.49. The average Bonchev–Trinajstić information content (AvgIpc) is 1.91. The van der Waals surface area contributed by atoms with E-state index in [0.717, 1.165) is 0 Å². The number of aromatic nitrogens is 2. The van der Waals surface area contributed by atoms with Gasteiger partial charge in [-0.15, -0.1) is 0 Å². The monoisotopic (exact) mass is 251 g/mol. The van der Waals surface area contributed by atoms with Gasteiger partial charge in [0.05, 0.1) is 4.47 Å². The Balaban J connectivity index is 2.85. The van der Waals surface area contributed by atoms with Crippen molar-refractivity contribution in [1.82, 2.24) is 9.97 Å². The van der Waals surface area contributed by atoms with E-state index in [1.807, 2.05) is 0 Å². The van der Waals surface area contributed by atoms with Crippen LogP contribution < -0.4 is 5.14 Å². The van der Waals surface area contributed by atoms with E-state index in [-0.39, 0.29) is 11.6 Å². The molecule has 7 heteroatoms.